The number of hydrogen-bond acceptors (Lipinski definition) is 3. The molecule has 0 bridgehead atoms. The summed E-state index contributed by atoms with van der Waals surface area (Å²) in [7, 11) is 0. The van der Waals surface area contributed by atoms with Gasteiger partial charge in [0.15, 0.2) is 0 Å². The predicted molar refractivity (Wildman–Crippen MR) is 80.8 cm³/mol. The van der Waals surface area contributed by atoms with Gasteiger partial charge in [-0.2, -0.15) is 0 Å². The molecule has 0 aliphatic rings. The fourth-order valence-corrected chi connectivity index (χ4v) is 1.98. The highest BCUT2D eigenvalue weighted by molar-refractivity contribution is 6.31. The summed E-state index contributed by atoms with van der Waals surface area (Å²) in [6.45, 7) is 2.31. The monoisotopic (exact) mass is 289 g/mol. The summed E-state index contributed by atoms with van der Waals surface area (Å²) in [6.07, 6.45) is 0.985. The molecule has 0 aliphatic heterocycles. The SMILES string of the molecule is CCc1ccc(COC(=O)c2cc(Cl)ccc2N)cc1. The lowest BCUT2D eigenvalue weighted by Crippen LogP contribution is -2.08. The summed E-state index contributed by atoms with van der Waals surface area (Å²) in [5, 5.41) is 0.457. The van der Waals surface area contributed by atoms with E-state index in [-0.39, 0.29) is 6.61 Å². The first-order chi connectivity index (χ1) is 9.60. The standard InChI is InChI=1S/C16H16ClNO2/c1-2-11-3-5-12(6-4-11)10-20-16(19)14-9-13(17)7-8-15(14)18/h3-9H,2,10,18H2,1H3. The quantitative estimate of drug-likeness (QED) is 0.687. The van der Waals surface area contributed by atoms with Gasteiger partial charge in [0.25, 0.3) is 0 Å². The van der Waals surface area contributed by atoms with Crippen LogP contribution in [0, 0.1) is 0 Å². The number of hydrogen-bond donors (Lipinski definition) is 1. The number of ether oxygens (including phenoxy) is 1. The maximum absolute atomic E-state index is 12.0. The van der Waals surface area contributed by atoms with Crippen molar-refractivity contribution in [3.63, 3.8) is 0 Å². The van der Waals surface area contributed by atoms with Gasteiger partial charge in [-0.05, 0) is 35.7 Å². The molecule has 4 heteroatoms. The number of nitrogen functional groups attached to an aromatic ring is 1. The van der Waals surface area contributed by atoms with E-state index in [0.717, 1.165) is 12.0 Å². The Morgan fingerprint density at radius 1 is 1.15 bits per heavy atom. The molecule has 0 saturated carbocycles. The maximum atomic E-state index is 12.0. The van der Waals surface area contributed by atoms with E-state index in [2.05, 4.69) is 6.92 Å². The molecule has 104 valence electrons. The molecule has 0 saturated heterocycles. The van der Waals surface area contributed by atoms with Gasteiger partial charge in [-0.25, -0.2) is 4.79 Å². The van der Waals surface area contributed by atoms with E-state index in [4.69, 9.17) is 22.1 Å². The highest BCUT2D eigenvalue weighted by Gasteiger charge is 2.12. The highest BCUT2D eigenvalue weighted by atomic mass is 35.5. The topological polar surface area (TPSA) is 52.3 Å². The van der Waals surface area contributed by atoms with E-state index >= 15 is 0 Å². The Morgan fingerprint density at radius 3 is 2.45 bits per heavy atom. The Bertz CT molecular complexity index is 608. The molecule has 0 fully saturated rings. The lowest BCUT2D eigenvalue weighted by Gasteiger charge is -2.08. The van der Waals surface area contributed by atoms with Crippen molar-refractivity contribution < 1.29 is 9.53 Å². The molecule has 2 aromatic rings. The highest BCUT2D eigenvalue weighted by Crippen LogP contribution is 2.19. The van der Waals surface area contributed by atoms with Crippen LogP contribution in [0.15, 0.2) is 42.5 Å². The summed E-state index contributed by atoms with van der Waals surface area (Å²) < 4.78 is 5.25. The molecular weight excluding hydrogens is 274 g/mol. The molecule has 20 heavy (non-hydrogen) atoms. The van der Waals surface area contributed by atoms with Gasteiger partial charge in [0.05, 0.1) is 5.56 Å². The number of carbonyl (C=O) groups is 1. The number of benzene rings is 2. The molecule has 0 amide bonds. The van der Waals surface area contributed by atoms with Gasteiger partial charge >= 0.3 is 5.97 Å². The summed E-state index contributed by atoms with van der Waals surface area (Å²) in [4.78, 5) is 12.0. The van der Waals surface area contributed by atoms with Crippen LogP contribution in [0.1, 0.15) is 28.4 Å². The molecule has 0 aromatic heterocycles. The van der Waals surface area contributed by atoms with E-state index in [0.29, 0.717) is 16.3 Å². The van der Waals surface area contributed by atoms with E-state index in [1.807, 2.05) is 24.3 Å². The van der Waals surface area contributed by atoms with Crippen molar-refractivity contribution in [1.29, 1.82) is 0 Å². The van der Waals surface area contributed by atoms with Gasteiger partial charge < -0.3 is 10.5 Å². The summed E-state index contributed by atoms with van der Waals surface area (Å²) in [5.74, 6) is -0.468. The maximum Gasteiger partial charge on any atom is 0.340 e. The second kappa shape index (κ2) is 6.44. The fourth-order valence-electron chi connectivity index (χ4n) is 1.80. The Morgan fingerprint density at radius 2 is 1.80 bits per heavy atom. The molecule has 0 radical (unpaired) electrons. The van der Waals surface area contributed by atoms with Gasteiger partial charge in [0, 0.05) is 10.7 Å². The van der Waals surface area contributed by atoms with Crippen LogP contribution in [0.2, 0.25) is 5.02 Å². The van der Waals surface area contributed by atoms with Gasteiger partial charge in [0.1, 0.15) is 6.61 Å². The number of carbonyl (C=O) groups excluding carboxylic acids is 1. The van der Waals surface area contributed by atoms with Crippen molar-refractivity contribution in [1.82, 2.24) is 0 Å². The first-order valence-electron chi connectivity index (χ1n) is 6.40. The second-order valence-electron chi connectivity index (χ2n) is 4.48. The van der Waals surface area contributed by atoms with E-state index in [1.54, 1.807) is 12.1 Å². The van der Waals surface area contributed by atoms with Crippen molar-refractivity contribution >= 4 is 23.3 Å². The summed E-state index contributed by atoms with van der Waals surface area (Å²) in [6, 6.07) is 12.7. The Balaban J connectivity index is 2.02. The first-order valence-corrected chi connectivity index (χ1v) is 6.78. The number of esters is 1. The number of nitrogens with two attached hydrogens (primary N) is 1. The van der Waals surface area contributed by atoms with Crippen molar-refractivity contribution in [2.45, 2.75) is 20.0 Å². The smallest absolute Gasteiger partial charge is 0.340 e. The Kier molecular flexibility index (Phi) is 4.64. The molecule has 0 atom stereocenters. The summed E-state index contributed by atoms with van der Waals surface area (Å²) in [5.41, 5.74) is 8.58. The largest absolute Gasteiger partial charge is 0.457 e. The minimum absolute atomic E-state index is 0.217. The van der Waals surface area contributed by atoms with Crippen molar-refractivity contribution in [3.8, 4) is 0 Å². The van der Waals surface area contributed by atoms with Crippen LogP contribution in [-0.4, -0.2) is 5.97 Å². The fraction of sp³-hybridized carbons (Fsp3) is 0.188. The van der Waals surface area contributed by atoms with Crippen molar-refractivity contribution in [3.05, 3.63) is 64.2 Å². The molecule has 2 N–H and O–H groups in total. The predicted octanol–water partition coefficient (Wildman–Crippen LogP) is 3.84. The minimum atomic E-state index is -0.468. The van der Waals surface area contributed by atoms with Crippen LogP contribution in [0.4, 0.5) is 5.69 Å². The number of halogens is 1. The minimum Gasteiger partial charge on any atom is -0.457 e. The molecule has 3 nitrogen and oxygen atoms in total. The zero-order valence-electron chi connectivity index (χ0n) is 11.2. The lowest BCUT2D eigenvalue weighted by atomic mass is 10.1. The molecule has 2 aromatic carbocycles. The number of anilines is 1. The van der Waals surface area contributed by atoms with Crippen LogP contribution < -0.4 is 5.73 Å². The Labute approximate surface area is 123 Å². The van der Waals surface area contributed by atoms with Crippen LogP contribution in [0.3, 0.4) is 0 Å². The first kappa shape index (κ1) is 14.4. The summed E-state index contributed by atoms with van der Waals surface area (Å²) >= 11 is 5.85. The third-order valence-corrected chi connectivity index (χ3v) is 3.27. The second-order valence-corrected chi connectivity index (χ2v) is 4.91. The normalized spacial score (nSPS) is 10.3. The van der Waals surface area contributed by atoms with Gasteiger partial charge in [-0.3, -0.25) is 0 Å². The van der Waals surface area contributed by atoms with Crippen molar-refractivity contribution in [2.75, 3.05) is 5.73 Å². The average molecular weight is 290 g/mol. The van der Waals surface area contributed by atoms with Crippen molar-refractivity contribution in [2.24, 2.45) is 0 Å². The molecule has 2 rings (SSSR count). The van der Waals surface area contributed by atoms with Crippen LogP contribution in [-0.2, 0) is 17.8 Å². The van der Waals surface area contributed by atoms with Gasteiger partial charge in [-0.15, -0.1) is 0 Å². The zero-order valence-corrected chi connectivity index (χ0v) is 12.0. The molecule has 0 unspecified atom stereocenters. The average Bonchev–Trinajstić information content (AvgIpc) is 2.47. The molecule has 0 heterocycles. The zero-order chi connectivity index (χ0) is 14.5. The lowest BCUT2D eigenvalue weighted by molar-refractivity contribution is 0.0474. The van der Waals surface area contributed by atoms with E-state index in [9.17, 15) is 4.79 Å². The number of rotatable bonds is 4. The van der Waals surface area contributed by atoms with Crippen LogP contribution in [0.25, 0.3) is 0 Å². The molecule has 0 aliphatic carbocycles. The number of aryl methyl sites for hydroxylation is 1. The molecular formula is C16H16ClNO2. The van der Waals surface area contributed by atoms with Crippen LogP contribution >= 0.6 is 11.6 Å². The van der Waals surface area contributed by atoms with Crippen LogP contribution in [0.5, 0.6) is 0 Å². The van der Waals surface area contributed by atoms with E-state index < -0.39 is 5.97 Å². The Hall–Kier alpha value is -2.00. The third-order valence-electron chi connectivity index (χ3n) is 3.04. The van der Waals surface area contributed by atoms with Gasteiger partial charge in [0.2, 0.25) is 0 Å². The molecule has 0 spiro atoms. The third kappa shape index (κ3) is 3.52. The van der Waals surface area contributed by atoms with Gasteiger partial charge in [-0.1, -0.05) is 42.8 Å². The van der Waals surface area contributed by atoms with E-state index in [1.165, 1.54) is 11.6 Å².